The van der Waals surface area contributed by atoms with Crippen molar-refractivity contribution in [2.45, 2.75) is 75.0 Å². The van der Waals surface area contributed by atoms with Gasteiger partial charge in [0.2, 0.25) is 23.1 Å². The minimum Gasteiger partial charge on any atom is -0.285 e. The summed E-state index contributed by atoms with van der Waals surface area (Å²) < 4.78 is 58.0. The van der Waals surface area contributed by atoms with E-state index in [9.17, 15) is 36.7 Å². The Morgan fingerprint density at radius 2 is 0.893 bits per heavy atom. The van der Waals surface area contributed by atoms with Crippen molar-refractivity contribution in [3.05, 3.63) is 114 Å². The third-order valence-corrected chi connectivity index (χ3v) is 14.9. The summed E-state index contributed by atoms with van der Waals surface area (Å²) in [7, 11) is 0. The number of halogens is 4. The van der Waals surface area contributed by atoms with Crippen molar-refractivity contribution in [2.24, 2.45) is 0 Å². The normalized spacial score (nSPS) is 21.0. The zero-order valence-electron chi connectivity index (χ0n) is 29.5. The average Bonchev–Trinajstić information content (AvgIpc) is 3.99. The molecule has 2 aromatic heterocycles. The van der Waals surface area contributed by atoms with Crippen LogP contribution in [0.3, 0.4) is 0 Å². The fourth-order valence-electron chi connectivity index (χ4n) is 10.4. The third-order valence-electron chi connectivity index (χ3n) is 12.9. The molecule has 2 saturated carbocycles. The van der Waals surface area contributed by atoms with E-state index < -0.39 is 68.4 Å². The van der Waals surface area contributed by atoms with Gasteiger partial charge in [-0.3, -0.25) is 19.2 Å². The molecule has 3 aromatic carbocycles. The van der Waals surface area contributed by atoms with E-state index in [2.05, 4.69) is 12.1 Å². The molecule has 2 spiro atoms. The van der Waals surface area contributed by atoms with E-state index in [1.807, 2.05) is 0 Å². The molecule has 6 aliphatic rings. The first-order valence-corrected chi connectivity index (χ1v) is 20.4. The van der Waals surface area contributed by atoms with Gasteiger partial charge in [-0.2, -0.15) is 0 Å². The van der Waals surface area contributed by atoms with Crippen molar-refractivity contribution >= 4 is 69.1 Å². The Balaban J connectivity index is 1.07. The number of thiazole rings is 2. The first-order chi connectivity index (χ1) is 27.0. The summed E-state index contributed by atoms with van der Waals surface area (Å²) in [6, 6.07) is 7.87. The van der Waals surface area contributed by atoms with Crippen LogP contribution in [0.1, 0.15) is 129 Å². The van der Waals surface area contributed by atoms with Crippen LogP contribution in [0.2, 0.25) is 0 Å². The number of fused-ring (bicyclic) bond motifs is 12. The number of rotatable bonds is 2. The van der Waals surface area contributed by atoms with Crippen LogP contribution in [-0.4, -0.2) is 33.1 Å². The molecule has 0 atom stereocenters. The fourth-order valence-corrected chi connectivity index (χ4v) is 12.7. The molecule has 0 amide bonds. The molecule has 12 heteroatoms. The molecule has 5 aromatic rings. The molecule has 2 fully saturated rings. The van der Waals surface area contributed by atoms with Gasteiger partial charge in [0.05, 0.1) is 32.3 Å². The second kappa shape index (κ2) is 11.7. The van der Waals surface area contributed by atoms with Crippen molar-refractivity contribution in [2.75, 3.05) is 0 Å². The summed E-state index contributed by atoms with van der Waals surface area (Å²) >= 11 is 2.83. The minimum absolute atomic E-state index is 0.0567. The van der Waals surface area contributed by atoms with Crippen LogP contribution >= 0.6 is 22.7 Å². The lowest BCUT2D eigenvalue weighted by Crippen LogP contribution is -2.30. The first kappa shape index (κ1) is 34.1. The zero-order valence-corrected chi connectivity index (χ0v) is 31.2. The van der Waals surface area contributed by atoms with Crippen LogP contribution in [0.25, 0.3) is 44.2 Å². The molecule has 0 bridgehead atoms. The summed E-state index contributed by atoms with van der Waals surface area (Å²) in [6.07, 6.45) is 12.6. The van der Waals surface area contributed by atoms with Gasteiger partial charge in [0.15, 0.2) is 0 Å². The van der Waals surface area contributed by atoms with E-state index in [1.54, 1.807) is 0 Å². The maximum atomic E-state index is 14.7. The van der Waals surface area contributed by atoms with Gasteiger partial charge in [0.1, 0.15) is 33.3 Å². The van der Waals surface area contributed by atoms with Crippen LogP contribution in [0, 0.1) is 23.3 Å². The van der Waals surface area contributed by atoms with Gasteiger partial charge in [-0.1, -0.05) is 38.5 Å². The van der Waals surface area contributed by atoms with Gasteiger partial charge in [-0.25, -0.2) is 27.5 Å². The highest BCUT2D eigenvalue weighted by Crippen LogP contribution is 2.63. The summed E-state index contributed by atoms with van der Waals surface area (Å²) in [5.41, 5.74) is 4.49. The summed E-state index contributed by atoms with van der Waals surface area (Å²) in [5, 5.41) is 0.985. The highest BCUT2D eigenvalue weighted by molar-refractivity contribution is 7.17. The van der Waals surface area contributed by atoms with E-state index >= 15 is 0 Å². The van der Waals surface area contributed by atoms with Gasteiger partial charge in [-0.15, -0.1) is 22.7 Å². The predicted molar refractivity (Wildman–Crippen MR) is 204 cm³/mol. The van der Waals surface area contributed by atoms with Crippen molar-refractivity contribution in [1.82, 2.24) is 9.97 Å². The predicted octanol–water partition coefficient (Wildman–Crippen LogP) is 10.2. The van der Waals surface area contributed by atoms with E-state index in [4.69, 9.17) is 9.97 Å². The Labute approximate surface area is 325 Å². The number of hydrogen-bond donors (Lipinski definition) is 0. The first-order valence-electron chi connectivity index (χ1n) is 18.8. The average molecular weight is 789 g/mol. The lowest BCUT2D eigenvalue weighted by molar-refractivity contribution is -0.110. The standard InChI is InChI=1S/C44H28F4N2O4S2/c45-19-11-21-23(35(51)37(53)33(21)29(47)13-19)17-31-49-41-39(55-31)25-16-28-26(15-27(25)43(41)7-3-1-4-8-43)40-42(44(28)9-5-2-6-10-44)50-32(56-40)18-24-22-12-20(46)14-30(48)34(22)38(54)36(24)52/h11-18H,1-10H2/b23-17-,24-18-. The number of nitrogens with zero attached hydrogens (tertiary/aromatic N) is 2. The number of Topliss-reactive ketones (excluding diaryl/α,β-unsaturated/α-hetero) is 4. The topological polar surface area (TPSA) is 94.1 Å². The number of hydrogen-bond acceptors (Lipinski definition) is 8. The molecule has 0 aliphatic heterocycles. The maximum Gasteiger partial charge on any atom is 0.237 e. The van der Waals surface area contributed by atoms with Gasteiger partial charge < -0.3 is 0 Å². The van der Waals surface area contributed by atoms with Gasteiger partial charge in [0, 0.05) is 45.2 Å². The van der Waals surface area contributed by atoms with Crippen molar-refractivity contribution < 1.29 is 36.7 Å². The second-order valence-corrected chi connectivity index (χ2v) is 17.8. The van der Waals surface area contributed by atoms with E-state index in [0.717, 1.165) is 109 Å². The molecule has 6 nitrogen and oxygen atoms in total. The number of aromatic nitrogens is 2. The minimum atomic E-state index is -1.06. The van der Waals surface area contributed by atoms with Gasteiger partial charge in [-0.05, 0) is 84.4 Å². The Bertz CT molecular complexity index is 2610. The molecule has 0 N–H and O–H groups in total. The van der Waals surface area contributed by atoms with Crippen molar-refractivity contribution in [3.63, 3.8) is 0 Å². The highest BCUT2D eigenvalue weighted by Gasteiger charge is 2.52. The van der Waals surface area contributed by atoms with Gasteiger partial charge >= 0.3 is 0 Å². The number of carbonyl (C=O) groups is 4. The number of allylic oxidation sites excluding steroid dienone is 2. The fraction of sp³-hybridized carbons (Fsp3) is 0.273. The van der Waals surface area contributed by atoms with E-state index in [-0.39, 0.29) is 22.3 Å². The second-order valence-electron chi connectivity index (χ2n) is 15.7. The highest BCUT2D eigenvalue weighted by atomic mass is 32.1. The van der Waals surface area contributed by atoms with Crippen molar-refractivity contribution in [3.8, 4) is 20.9 Å². The molecule has 2 heterocycles. The van der Waals surface area contributed by atoms with E-state index in [1.165, 1.54) is 46.0 Å². The number of ketones is 4. The maximum absolute atomic E-state index is 14.7. The summed E-state index contributed by atoms with van der Waals surface area (Å²) in [5.74, 6) is -7.62. The molecule has 0 unspecified atom stereocenters. The quantitative estimate of drug-likeness (QED) is 0.100. The molecule has 0 saturated heterocycles. The van der Waals surface area contributed by atoms with Crippen LogP contribution in [0.15, 0.2) is 36.4 Å². The summed E-state index contributed by atoms with van der Waals surface area (Å²) in [6.45, 7) is 0. The van der Waals surface area contributed by atoms with Gasteiger partial charge in [0.25, 0.3) is 0 Å². The molecular weight excluding hydrogens is 761 g/mol. The Morgan fingerprint density at radius 3 is 1.29 bits per heavy atom. The molecule has 11 rings (SSSR count). The monoisotopic (exact) mass is 788 g/mol. The lowest BCUT2D eigenvalue weighted by Gasteiger charge is -2.36. The molecule has 6 aliphatic carbocycles. The number of carbonyl (C=O) groups excluding carboxylic acids is 4. The Morgan fingerprint density at radius 1 is 0.500 bits per heavy atom. The summed E-state index contributed by atoms with van der Waals surface area (Å²) in [4.78, 5) is 64.0. The van der Waals surface area contributed by atoms with E-state index in [0.29, 0.717) is 22.1 Å². The van der Waals surface area contributed by atoms with Crippen LogP contribution in [0.5, 0.6) is 0 Å². The smallest absolute Gasteiger partial charge is 0.237 e. The zero-order chi connectivity index (χ0) is 38.4. The largest absolute Gasteiger partial charge is 0.285 e. The molecular formula is C44H28F4N2O4S2. The Kier molecular flexibility index (Phi) is 7.10. The third kappa shape index (κ3) is 4.42. The Hall–Kier alpha value is -5.20. The van der Waals surface area contributed by atoms with Crippen LogP contribution in [-0.2, 0) is 20.4 Å². The van der Waals surface area contributed by atoms with Crippen molar-refractivity contribution in [1.29, 1.82) is 0 Å². The molecule has 56 heavy (non-hydrogen) atoms. The SMILES string of the molecule is O=C1C(=O)c2c(F)cc(F)cc2/C1=C/c1nc2c(s1)-c1cc3c(cc1C21CCCCC1)-c1sc(/C=C2\C(=O)C(=O)c4c(F)cc(F)cc42)nc1C31CCCCC1. The molecule has 278 valence electrons. The lowest BCUT2D eigenvalue weighted by atomic mass is 9.67. The molecule has 0 radical (unpaired) electrons. The van der Waals surface area contributed by atoms with Crippen LogP contribution in [0.4, 0.5) is 17.6 Å². The number of benzene rings is 3. The van der Waals surface area contributed by atoms with Crippen LogP contribution < -0.4 is 0 Å².